The first-order chi connectivity index (χ1) is 16.4. The van der Waals surface area contributed by atoms with Gasteiger partial charge in [0.25, 0.3) is 0 Å². The van der Waals surface area contributed by atoms with Gasteiger partial charge in [-0.1, -0.05) is 60.7 Å². The van der Waals surface area contributed by atoms with E-state index >= 15 is 0 Å². The number of hydrogen-bond donors (Lipinski definition) is 4. The van der Waals surface area contributed by atoms with Gasteiger partial charge in [-0.15, -0.1) is 0 Å². The number of carboxylic acid groups (broad SMARTS) is 1. The fourth-order valence-corrected chi connectivity index (χ4v) is 4.12. The number of nitrogens with zero attached hydrogens (tertiary/aromatic N) is 1. The van der Waals surface area contributed by atoms with E-state index < -0.39 is 41.8 Å². The molecule has 0 saturated carbocycles. The molecule has 1 heterocycles. The van der Waals surface area contributed by atoms with Crippen molar-refractivity contribution in [3.63, 3.8) is 0 Å². The number of likely N-dealkylation sites (tertiary alicyclic amines) is 1. The van der Waals surface area contributed by atoms with Gasteiger partial charge in [0.05, 0.1) is 6.54 Å². The van der Waals surface area contributed by atoms with Crippen LogP contribution in [0.1, 0.15) is 24.0 Å². The van der Waals surface area contributed by atoms with Crippen LogP contribution >= 0.6 is 0 Å². The predicted molar refractivity (Wildman–Crippen MR) is 126 cm³/mol. The summed E-state index contributed by atoms with van der Waals surface area (Å²) in [6.45, 7) is 0.0350. The minimum absolute atomic E-state index is 0.192. The number of rotatable bonds is 10. The van der Waals surface area contributed by atoms with Crippen molar-refractivity contribution in [1.29, 1.82) is 0 Å². The van der Waals surface area contributed by atoms with Crippen molar-refractivity contribution in [2.24, 2.45) is 5.73 Å². The normalized spacial score (nSPS) is 17.0. The summed E-state index contributed by atoms with van der Waals surface area (Å²) >= 11 is 0. The average Bonchev–Trinajstić information content (AvgIpc) is 3.34. The predicted octanol–water partition coefficient (Wildman–Crippen LogP) is 0.476. The fraction of sp³-hybridized carbons (Fsp3) is 0.360. The Morgan fingerprint density at radius 2 is 1.47 bits per heavy atom. The third kappa shape index (κ3) is 6.64. The molecular weight excluding hydrogens is 436 g/mol. The zero-order valence-electron chi connectivity index (χ0n) is 18.9. The number of benzene rings is 2. The maximum absolute atomic E-state index is 13.4. The summed E-state index contributed by atoms with van der Waals surface area (Å²) in [5.74, 6) is -2.54. The van der Waals surface area contributed by atoms with E-state index in [-0.39, 0.29) is 19.4 Å². The molecule has 3 unspecified atom stereocenters. The minimum Gasteiger partial charge on any atom is -0.480 e. The molecule has 1 fully saturated rings. The van der Waals surface area contributed by atoms with Crippen LogP contribution < -0.4 is 16.4 Å². The van der Waals surface area contributed by atoms with Crippen LogP contribution in [0.15, 0.2) is 60.7 Å². The average molecular weight is 467 g/mol. The number of carbonyl (C=O) groups is 4. The van der Waals surface area contributed by atoms with Crippen LogP contribution in [0.5, 0.6) is 0 Å². The monoisotopic (exact) mass is 466 g/mol. The van der Waals surface area contributed by atoms with Gasteiger partial charge in [0.1, 0.15) is 18.1 Å². The van der Waals surface area contributed by atoms with Crippen molar-refractivity contribution >= 4 is 23.7 Å². The van der Waals surface area contributed by atoms with Gasteiger partial charge >= 0.3 is 5.97 Å². The third-order valence-electron chi connectivity index (χ3n) is 5.84. The van der Waals surface area contributed by atoms with Crippen molar-refractivity contribution in [3.05, 3.63) is 71.8 Å². The lowest BCUT2D eigenvalue weighted by Gasteiger charge is -2.29. The maximum atomic E-state index is 13.4. The van der Waals surface area contributed by atoms with Crippen LogP contribution in [0.3, 0.4) is 0 Å². The quantitative estimate of drug-likeness (QED) is 0.401. The van der Waals surface area contributed by atoms with E-state index in [1.54, 1.807) is 0 Å². The van der Waals surface area contributed by atoms with Gasteiger partial charge in [-0.3, -0.25) is 14.4 Å². The summed E-state index contributed by atoms with van der Waals surface area (Å²) in [5, 5.41) is 14.9. The molecule has 0 spiro atoms. The first kappa shape index (κ1) is 24.9. The van der Waals surface area contributed by atoms with Crippen LogP contribution in [0, 0.1) is 0 Å². The summed E-state index contributed by atoms with van der Waals surface area (Å²) in [6, 6.07) is 15.5. The number of carboxylic acids is 1. The Labute approximate surface area is 198 Å². The Morgan fingerprint density at radius 1 is 0.912 bits per heavy atom. The standard InChI is InChI=1S/C25H30N4O5/c26-16-22(30)27-19(14-17-8-3-1-4-9-17)23(31)28-20(15-18-10-5-2-6-11-18)24(32)29-13-7-12-21(29)25(33)34/h1-6,8-11,19-21H,7,12-16,26H2,(H,27,30)(H,28,31)(H,33,34). The van der Waals surface area contributed by atoms with E-state index in [0.29, 0.717) is 19.4 Å². The molecule has 2 aromatic carbocycles. The van der Waals surface area contributed by atoms with E-state index in [1.165, 1.54) is 4.90 Å². The zero-order chi connectivity index (χ0) is 24.5. The first-order valence-electron chi connectivity index (χ1n) is 11.3. The van der Waals surface area contributed by atoms with Crippen molar-refractivity contribution in [2.75, 3.05) is 13.1 Å². The van der Waals surface area contributed by atoms with Gasteiger partial charge in [-0.05, 0) is 24.0 Å². The van der Waals surface area contributed by atoms with Gasteiger partial charge in [0.2, 0.25) is 17.7 Å². The molecule has 3 atom stereocenters. The van der Waals surface area contributed by atoms with Crippen molar-refractivity contribution in [2.45, 2.75) is 43.8 Å². The SMILES string of the molecule is NCC(=O)NC(Cc1ccccc1)C(=O)NC(Cc1ccccc1)C(=O)N1CCCC1C(=O)O. The fourth-order valence-electron chi connectivity index (χ4n) is 4.12. The van der Waals surface area contributed by atoms with Crippen LogP contribution in [0.4, 0.5) is 0 Å². The molecule has 0 aromatic heterocycles. The summed E-state index contributed by atoms with van der Waals surface area (Å²) in [5.41, 5.74) is 7.08. The highest BCUT2D eigenvalue weighted by molar-refractivity contribution is 5.94. The highest BCUT2D eigenvalue weighted by Crippen LogP contribution is 2.20. The van der Waals surface area contributed by atoms with Gasteiger partial charge in [-0.25, -0.2) is 4.79 Å². The van der Waals surface area contributed by atoms with Crippen molar-refractivity contribution < 1.29 is 24.3 Å². The number of hydrogen-bond acceptors (Lipinski definition) is 5. The molecular formula is C25H30N4O5. The molecule has 9 heteroatoms. The molecule has 0 radical (unpaired) electrons. The van der Waals surface area contributed by atoms with Crippen LogP contribution in [0.25, 0.3) is 0 Å². The number of nitrogens with one attached hydrogen (secondary N) is 2. The Balaban J connectivity index is 1.83. The second-order valence-electron chi connectivity index (χ2n) is 8.29. The lowest BCUT2D eigenvalue weighted by atomic mass is 10.0. The second kappa shape index (κ2) is 11.9. The molecule has 1 aliphatic rings. The summed E-state index contributed by atoms with van der Waals surface area (Å²) in [4.78, 5) is 51.6. The molecule has 1 aliphatic heterocycles. The van der Waals surface area contributed by atoms with Crippen LogP contribution in [-0.2, 0) is 32.0 Å². The zero-order valence-corrected chi connectivity index (χ0v) is 18.9. The summed E-state index contributed by atoms with van der Waals surface area (Å²) in [6.07, 6.45) is 1.36. The summed E-state index contributed by atoms with van der Waals surface area (Å²) in [7, 11) is 0. The first-order valence-corrected chi connectivity index (χ1v) is 11.3. The van der Waals surface area contributed by atoms with E-state index in [2.05, 4.69) is 10.6 Å². The van der Waals surface area contributed by atoms with Crippen LogP contribution in [-0.4, -0.2) is 64.9 Å². The number of amides is 3. The smallest absolute Gasteiger partial charge is 0.326 e. The highest BCUT2D eigenvalue weighted by Gasteiger charge is 2.38. The highest BCUT2D eigenvalue weighted by atomic mass is 16.4. The molecule has 1 saturated heterocycles. The molecule has 180 valence electrons. The Bertz CT molecular complexity index is 999. The minimum atomic E-state index is -1.06. The van der Waals surface area contributed by atoms with Gasteiger partial charge < -0.3 is 26.4 Å². The van der Waals surface area contributed by atoms with E-state index in [4.69, 9.17) is 5.73 Å². The molecule has 34 heavy (non-hydrogen) atoms. The Hall–Kier alpha value is -3.72. The van der Waals surface area contributed by atoms with Crippen molar-refractivity contribution in [1.82, 2.24) is 15.5 Å². The van der Waals surface area contributed by atoms with Gasteiger partial charge in [0, 0.05) is 19.4 Å². The van der Waals surface area contributed by atoms with E-state index in [1.807, 2.05) is 60.7 Å². The van der Waals surface area contributed by atoms with Gasteiger partial charge in [-0.2, -0.15) is 0 Å². The Morgan fingerprint density at radius 3 is 2.00 bits per heavy atom. The Kier molecular flexibility index (Phi) is 8.75. The largest absolute Gasteiger partial charge is 0.480 e. The third-order valence-corrected chi connectivity index (χ3v) is 5.84. The molecule has 0 aliphatic carbocycles. The molecule has 2 aromatic rings. The number of carbonyl (C=O) groups excluding carboxylic acids is 3. The maximum Gasteiger partial charge on any atom is 0.326 e. The molecule has 0 bridgehead atoms. The van der Waals surface area contributed by atoms with Crippen LogP contribution in [0.2, 0.25) is 0 Å². The molecule has 5 N–H and O–H groups in total. The number of aliphatic carboxylic acids is 1. The topological polar surface area (TPSA) is 142 Å². The lowest BCUT2D eigenvalue weighted by molar-refractivity contribution is -0.149. The molecule has 3 amide bonds. The lowest BCUT2D eigenvalue weighted by Crippen LogP contribution is -2.57. The second-order valence-corrected chi connectivity index (χ2v) is 8.29. The van der Waals surface area contributed by atoms with E-state index in [9.17, 15) is 24.3 Å². The van der Waals surface area contributed by atoms with E-state index in [0.717, 1.165) is 11.1 Å². The number of nitrogens with two attached hydrogens (primary N) is 1. The molecule has 9 nitrogen and oxygen atoms in total. The van der Waals surface area contributed by atoms with Gasteiger partial charge in [0.15, 0.2) is 0 Å². The van der Waals surface area contributed by atoms with Crippen molar-refractivity contribution in [3.8, 4) is 0 Å². The molecule has 3 rings (SSSR count). The summed E-state index contributed by atoms with van der Waals surface area (Å²) < 4.78 is 0.